The van der Waals surface area contributed by atoms with E-state index in [1.165, 1.54) is 11.1 Å². The molecule has 2 atom stereocenters. The van der Waals surface area contributed by atoms with Gasteiger partial charge in [-0.3, -0.25) is 4.79 Å². The molecule has 1 amide bonds. The van der Waals surface area contributed by atoms with Crippen LogP contribution in [0, 0.1) is 17.2 Å². The monoisotopic (exact) mass is 576 g/mol. The quantitative estimate of drug-likeness (QED) is 0.271. The highest BCUT2D eigenvalue weighted by molar-refractivity contribution is 6.31. The Morgan fingerprint density at radius 2 is 2.00 bits per heavy atom. The fraction of sp³-hybridized carbons (Fsp3) is 0.206. The third kappa shape index (κ3) is 6.31. The van der Waals surface area contributed by atoms with Crippen LogP contribution in [-0.4, -0.2) is 12.2 Å². The van der Waals surface area contributed by atoms with Gasteiger partial charge in [0.1, 0.15) is 6.34 Å². The number of nitrogens with one attached hydrogen (secondary N) is 3. The number of hydrogen-bond acceptors (Lipinski definition) is 6. The molecule has 3 aromatic carbocycles. The Labute approximate surface area is 251 Å². The molecule has 7 nitrogen and oxygen atoms in total. The average Bonchev–Trinajstić information content (AvgIpc) is 3.54. The smallest absolute Gasteiger partial charge is 0.227 e. The average molecular weight is 577 g/mol. The van der Waals surface area contributed by atoms with E-state index in [0.717, 1.165) is 47.2 Å². The summed E-state index contributed by atoms with van der Waals surface area (Å²) in [5.74, 6) is -0.0354. The number of allylic oxidation sites excluding steroid dienone is 5. The number of hydrazine groups is 2. The molecule has 0 saturated heterocycles. The van der Waals surface area contributed by atoms with Gasteiger partial charge >= 0.3 is 0 Å². The molecule has 2 bridgehead atoms. The molecule has 0 radical (unpaired) electrons. The lowest BCUT2D eigenvalue weighted by Crippen LogP contribution is -2.37. The summed E-state index contributed by atoms with van der Waals surface area (Å²) in [6, 6.07) is 21.8. The first-order valence-electron chi connectivity index (χ1n) is 14.0. The number of fused-ring (bicyclic) bond motifs is 4. The normalized spacial score (nSPS) is 19.1. The SMILES string of the molecule is C=C/C(=C\C=C(/C)C1CCCC(C)C(=O)Nc2cc(C#N)ccc2-c2cccc1c2)c1cc(Cl)ccc1N1C=NNN1. The van der Waals surface area contributed by atoms with E-state index in [1.807, 2.05) is 43.3 Å². The summed E-state index contributed by atoms with van der Waals surface area (Å²) in [6.45, 7) is 8.19. The molecule has 42 heavy (non-hydrogen) atoms. The van der Waals surface area contributed by atoms with Crippen LogP contribution in [0.2, 0.25) is 5.02 Å². The first-order chi connectivity index (χ1) is 20.4. The number of carbonyl (C=O) groups excluding carboxylic acids is 1. The second-order valence-corrected chi connectivity index (χ2v) is 11.0. The molecule has 2 unspecified atom stereocenters. The summed E-state index contributed by atoms with van der Waals surface area (Å²) in [5, 5.41) is 19.0. The zero-order valence-electron chi connectivity index (χ0n) is 23.7. The van der Waals surface area contributed by atoms with Crippen LogP contribution in [0.15, 0.2) is 96.1 Å². The molecule has 2 heterocycles. The zero-order chi connectivity index (χ0) is 29.6. The molecule has 0 spiro atoms. The number of benzene rings is 3. The van der Waals surface area contributed by atoms with Crippen molar-refractivity contribution in [2.24, 2.45) is 11.0 Å². The maximum Gasteiger partial charge on any atom is 0.227 e. The number of nitriles is 1. The molecule has 0 aromatic heterocycles. The summed E-state index contributed by atoms with van der Waals surface area (Å²) in [4.78, 5) is 13.1. The topological polar surface area (TPSA) is 92.6 Å². The van der Waals surface area contributed by atoms with Gasteiger partial charge in [-0.1, -0.05) is 85.7 Å². The Balaban J connectivity index is 1.55. The van der Waals surface area contributed by atoms with E-state index in [-0.39, 0.29) is 17.7 Å². The van der Waals surface area contributed by atoms with Gasteiger partial charge in [-0.05, 0) is 66.8 Å². The number of amides is 1. The van der Waals surface area contributed by atoms with Crippen molar-refractivity contribution in [2.75, 3.05) is 10.3 Å². The van der Waals surface area contributed by atoms with Gasteiger partial charge in [0.2, 0.25) is 5.91 Å². The van der Waals surface area contributed by atoms with Gasteiger partial charge in [-0.15, -0.1) is 5.53 Å². The van der Waals surface area contributed by atoms with Gasteiger partial charge in [-0.25, -0.2) is 10.5 Å². The molecule has 0 saturated carbocycles. The van der Waals surface area contributed by atoms with Crippen LogP contribution in [0.5, 0.6) is 0 Å². The van der Waals surface area contributed by atoms with Gasteiger partial charge in [0, 0.05) is 33.7 Å². The number of anilines is 2. The van der Waals surface area contributed by atoms with Gasteiger partial charge in [-0.2, -0.15) is 10.4 Å². The van der Waals surface area contributed by atoms with Crippen molar-refractivity contribution in [3.8, 4) is 17.2 Å². The fourth-order valence-corrected chi connectivity index (χ4v) is 5.61. The van der Waals surface area contributed by atoms with Crippen LogP contribution in [-0.2, 0) is 4.79 Å². The first-order valence-corrected chi connectivity index (χ1v) is 14.3. The van der Waals surface area contributed by atoms with Crippen LogP contribution in [0.4, 0.5) is 11.4 Å². The lowest BCUT2D eigenvalue weighted by molar-refractivity contribution is -0.119. The van der Waals surface area contributed by atoms with E-state index in [2.05, 4.69) is 71.4 Å². The van der Waals surface area contributed by atoms with Gasteiger partial charge in [0.25, 0.3) is 0 Å². The minimum atomic E-state index is -0.156. The molecule has 0 fully saturated rings. The summed E-state index contributed by atoms with van der Waals surface area (Å²) in [6.07, 6.45) is 10.3. The number of nitrogens with zero attached hydrogens (tertiary/aromatic N) is 3. The highest BCUT2D eigenvalue weighted by atomic mass is 35.5. The predicted molar refractivity (Wildman–Crippen MR) is 172 cm³/mol. The zero-order valence-corrected chi connectivity index (χ0v) is 24.4. The van der Waals surface area contributed by atoms with Crippen molar-refractivity contribution in [3.63, 3.8) is 0 Å². The summed E-state index contributed by atoms with van der Waals surface area (Å²) >= 11 is 6.40. The van der Waals surface area contributed by atoms with Gasteiger partial charge < -0.3 is 5.32 Å². The maximum atomic E-state index is 13.1. The summed E-state index contributed by atoms with van der Waals surface area (Å²) in [5.41, 5.74) is 13.9. The standard InChI is InChI=1S/C34H33ClN6O/c1-4-25(31-19-28(35)14-16-33(31)41-21-37-39-40-41)13-11-22(2)29-10-5-7-23(3)34(42)38-32-17-24(20-36)12-15-30(32)27-9-6-8-26(29)18-27/h4,6,8-9,11-19,21,23,29,39-40H,1,5,7,10H2,2-3H3,(H,38,42)/b22-11+,25-13+. The Kier molecular flexibility index (Phi) is 8.87. The van der Waals surface area contributed by atoms with Crippen molar-refractivity contribution in [2.45, 2.75) is 39.0 Å². The molecular formula is C34H33ClN6O. The highest BCUT2D eigenvalue weighted by Gasteiger charge is 2.21. The summed E-state index contributed by atoms with van der Waals surface area (Å²) in [7, 11) is 0. The van der Waals surface area contributed by atoms with E-state index in [4.69, 9.17) is 11.6 Å². The number of hydrogen-bond donors (Lipinski definition) is 3. The second kappa shape index (κ2) is 12.9. The van der Waals surface area contributed by atoms with Crippen LogP contribution in [0.25, 0.3) is 16.7 Å². The van der Waals surface area contributed by atoms with Crippen LogP contribution >= 0.6 is 11.6 Å². The van der Waals surface area contributed by atoms with Gasteiger partial charge in [0.05, 0.1) is 17.3 Å². The molecule has 8 heteroatoms. The van der Waals surface area contributed by atoms with E-state index in [1.54, 1.807) is 23.5 Å². The molecule has 0 aliphatic carbocycles. The molecule has 3 N–H and O–H groups in total. The minimum absolute atomic E-state index is 0.0319. The Bertz CT molecular complexity index is 1650. The minimum Gasteiger partial charge on any atom is -0.325 e. The molecular weight excluding hydrogens is 544 g/mol. The molecule has 2 aliphatic rings. The van der Waals surface area contributed by atoms with Crippen molar-refractivity contribution in [1.29, 1.82) is 5.26 Å². The van der Waals surface area contributed by atoms with E-state index >= 15 is 0 Å². The molecule has 212 valence electrons. The van der Waals surface area contributed by atoms with Crippen LogP contribution in [0.1, 0.15) is 55.7 Å². The number of carbonyl (C=O) groups is 1. The molecule has 5 rings (SSSR count). The number of hydrazone groups is 1. The number of halogens is 1. The Hall–Kier alpha value is -4.64. The van der Waals surface area contributed by atoms with E-state index in [9.17, 15) is 10.1 Å². The number of rotatable bonds is 5. The summed E-state index contributed by atoms with van der Waals surface area (Å²) < 4.78 is 0. The maximum absolute atomic E-state index is 13.1. The van der Waals surface area contributed by atoms with Crippen molar-refractivity contribution >= 4 is 40.8 Å². The predicted octanol–water partition coefficient (Wildman–Crippen LogP) is 7.71. The molecule has 2 aliphatic heterocycles. The third-order valence-electron chi connectivity index (χ3n) is 7.82. The largest absolute Gasteiger partial charge is 0.325 e. The second-order valence-electron chi connectivity index (χ2n) is 10.6. The van der Waals surface area contributed by atoms with Crippen molar-refractivity contribution in [3.05, 3.63) is 113 Å². The Morgan fingerprint density at radius 1 is 1.14 bits per heavy atom. The highest BCUT2D eigenvalue weighted by Crippen LogP contribution is 2.37. The Morgan fingerprint density at radius 3 is 2.76 bits per heavy atom. The first kappa shape index (κ1) is 28.9. The van der Waals surface area contributed by atoms with Crippen molar-refractivity contribution < 1.29 is 4.79 Å². The van der Waals surface area contributed by atoms with Crippen LogP contribution in [0.3, 0.4) is 0 Å². The van der Waals surface area contributed by atoms with Gasteiger partial charge in [0.15, 0.2) is 0 Å². The van der Waals surface area contributed by atoms with Crippen LogP contribution < -0.4 is 21.4 Å². The lowest BCUT2D eigenvalue weighted by atomic mass is 9.84. The molecule has 3 aromatic rings. The third-order valence-corrected chi connectivity index (χ3v) is 8.05. The van der Waals surface area contributed by atoms with E-state index < -0.39 is 0 Å². The fourth-order valence-electron chi connectivity index (χ4n) is 5.44. The van der Waals surface area contributed by atoms with Crippen molar-refractivity contribution in [1.82, 2.24) is 11.1 Å². The lowest BCUT2D eigenvalue weighted by Gasteiger charge is -2.23. The van der Waals surface area contributed by atoms with E-state index in [0.29, 0.717) is 16.3 Å².